The molecular formula is C34H34BrNO. The zero-order valence-electron chi connectivity index (χ0n) is 22.0. The molecule has 0 saturated heterocycles. The van der Waals surface area contributed by atoms with Gasteiger partial charge in [-0.3, -0.25) is 4.79 Å². The number of aryl methyl sites for hydroxylation is 1. The highest BCUT2D eigenvalue weighted by molar-refractivity contribution is 9.10. The molecule has 1 aliphatic rings. The van der Waals surface area contributed by atoms with Crippen molar-refractivity contribution >= 4 is 38.2 Å². The average Bonchev–Trinajstić information content (AvgIpc) is 2.89. The topological polar surface area (TPSA) is 29.1 Å². The lowest BCUT2D eigenvalue weighted by Gasteiger charge is -2.28. The molecule has 4 rings (SSSR count). The highest BCUT2D eigenvalue weighted by atomic mass is 79.9. The summed E-state index contributed by atoms with van der Waals surface area (Å²) in [5, 5.41) is 5.33. The average molecular weight is 553 g/mol. The van der Waals surface area contributed by atoms with Gasteiger partial charge in [-0.05, 0) is 65.4 Å². The van der Waals surface area contributed by atoms with E-state index < -0.39 is 0 Å². The number of fused-ring (bicyclic) bond motifs is 1. The molecule has 1 aliphatic carbocycles. The minimum Gasteiger partial charge on any atom is -0.345 e. The fourth-order valence-corrected chi connectivity index (χ4v) is 5.24. The maximum Gasteiger partial charge on any atom is 0.252 e. The number of hydrogen-bond donors (Lipinski definition) is 1. The second-order valence-electron chi connectivity index (χ2n) is 10.0. The van der Waals surface area contributed by atoms with Crippen molar-refractivity contribution in [1.29, 1.82) is 0 Å². The number of rotatable bonds is 7. The minimum atomic E-state index is -0.185. The van der Waals surface area contributed by atoms with Gasteiger partial charge in [0.2, 0.25) is 0 Å². The van der Waals surface area contributed by atoms with Crippen molar-refractivity contribution in [2.75, 3.05) is 0 Å². The maximum atomic E-state index is 13.7. The van der Waals surface area contributed by atoms with Gasteiger partial charge in [0.25, 0.3) is 5.91 Å². The van der Waals surface area contributed by atoms with Gasteiger partial charge < -0.3 is 5.32 Å². The van der Waals surface area contributed by atoms with Crippen LogP contribution < -0.4 is 5.32 Å². The van der Waals surface area contributed by atoms with E-state index >= 15 is 0 Å². The Morgan fingerprint density at radius 1 is 0.973 bits per heavy atom. The van der Waals surface area contributed by atoms with Gasteiger partial charge >= 0.3 is 0 Å². The number of hydrogen-bond acceptors (Lipinski definition) is 1. The largest absolute Gasteiger partial charge is 0.345 e. The Kier molecular flexibility index (Phi) is 8.45. The van der Waals surface area contributed by atoms with E-state index in [4.69, 9.17) is 0 Å². The van der Waals surface area contributed by atoms with Crippen LogP contribution in [-0.4, -0.2) is 11.9 Å². The number of amides is 1. The molecule has 0 heterocycles. The maximum absolute atomic E-state index is 13.7. The van der Waals surface area contributed by atoms with Gasteiger partial charge in [-0.1, -0.05) is 127 Å². The number of halogens is 1. The van der Waals surface area contributed by atoms with Crippen LogP contribution in [0.3, 0.4) is 0 Å². The lowest BCUT2D eigenvalue weighted by Crippen LogP contribution is -2.37. The summed E-state index contributed by atoms with van der Waals surface area (Å²) in [6, 6.07) is 20.2. The zero-order valence-corrected chi connectivity index (χ0v) is 23.5. The Bertz CT molecular complexity index is 1450. The molecule has 0 fully saturated rings. The molecule has 3 heteroatoms. The SMILES string of the molecule is C/C=C\C=C/C(C)(C)/C=C(/C1=CC=CCC1NC(=O)c1ccc(Br)c2ccccc12)c1ccccc1C. The molecule has 3 aromatic rings. The standard InChI is InChI=1S/C34H34BrNO/c1-5-6-13-22-34(3,4)23-30(25-15-8-7-14-24(25)2)28-18-11-12-19-32(28)36-33(37)29-20-21-31(35)27-17-10-9-16-26(27)29/h5-18,20-23,32H,19H2,1-4H3,(H,36,37)/b6-5-,22-13-,30-23+. The molecule has 0 saturated carbocycles. The molecule has 1 amide bonds. The molecule has 0 radical (unpaired) electrons. The first-order valence-corrected chi connectivity index (χ1v) is 13.5. The third-order valence-electron chi connectivity index (χ3n) is 6.67. The van der Waals surface area contributed by atoms with Crippen LogP contribution in [0.2, 0.25) is 0 Å². The summed E-state index contributed by atoms with van der Waals surface area (Å²) in [6.07, 6.45) is 17.8. The Morgan fingerprint density at radius 3 is 2.46 bits per heavy atom. The van der Waals surface area contributed by atoms with Crippen LogP contribution in [0.25, 0.3) is 16.3 Å². The monoisotopic (exact) mass is 551 g/mol. The van der Waals surface area contributed by atoms with Gasteiger partial charge in [-0.2, -0.15) is 0 Å². The smallest absolute Gasteiger partial charge is 0.252 e. The van der Waals surface area contributed by atoms with E-state index in [-0.39, 0.29) is 17.4 Å². The van der Waals surface area contributed by atoms with Gasteiger partial charge in [0.1, 0.15) is 0 Å². The van der Waals surface area contributed by atoms with Crippen LogP contribution >= 0.6 is 15.9 Å². The van der Waals surface area contributed by atoms with Crippen molar-refractivity contribution in [2.45, 2.75) is 40.2 Å². The van der Waals surface area contributed by atoms with Crippen LogP contribution in [0.4, 0.5) is 0 Å². The predicted molar refractivity (Wildman–Crippen MR) is 162 cm³/mol. The fraction of sp³-hybridized carbons (Fsp3) is 0.206. The molecule has 1 N–H and O–H groups in total. The first-order valence-electron chi connectivity index (χ1n) is 12.8. The number of benzene rings is 3. The summed E-state index contributed by atoms with van der Waals surface area (Å²) in [5.74, 6) is -0.0636. The minimum absolute atomic E-state index is 0.0636. The molecule has 188 valence electrons. The van der Waals surface area contributed by atoms with Crippen molar-refractivity contribution in [2.24, 2.45) is 5.41 Å². The van der Waals surface area contributed by atoms with Gasteiger partial charge in [0, 0.05) is 15.5 Å². The molecule has 0 spiro atoms. The molecule has 0 aliphatic heterocycles. The first-order chi connectivity index (χ1) is 17.8. The highest BCUT2D eigenvalue weighted by Gasteiger charge is 2.25. The Morgan fingerprint density at radius 2 is 1.70 bits per heavy atom. The third-order valence-corrected chi connectivity index (χ3v) is 7.36. The van der Waals surface area contributed by atoms with Crippen LogP contribution in [0, 0.1) is 12.3 Å². The molecule has 3 aromatic carbocycles. The van der Waals surface area contributed by atoms with E-state index in [2.05, 4.69) is 109 Å². The van der Waals surface area contributed by atoms with Crippen molar-refractivity contribution in [3.63, 3.8) is 0 Å². The van der Waals surface area contributed by atoms with Crippen LogP contribution in [0.15, 0.2) is 119 Å². The summed E-state index contributed by atoms with van der Waals surface area (Å²) in [4.78, 5) is 13.7. The second kappa shape index (κ2) is 11.7. The predicted octanol–water partition coefficient (Wildman–Crippen LogP) is 9.14. The summed E-state index contributed by atoms with van der Waals surface area (Å²) in [7, 11) is 0. The molecule has 2 nitrogen and oxygen atoms in total. The number of allylic oxidation sites excluding steroid dienone is 7. The van der Waals surface area contributed by atoms with E-state index in [1.165, 1.54) is 11.1 Å². The van der Waals surface area contributed by atoms with E-state index in [1.807, 2.05) is 49.4 Å². The lowest BCUT2D eigenvalue weighted by atomic mass is 9.81. The number of carbonyl (C=O) groups excluding carboxylic acids is 1. The number of nitrogens with one attached hydrogen (secondary N) is 1. The van der Waals surface area contributed by atoms with E-state index in [1.54, 1.807) is 0 Å². The second-order valence-corrected chi connectivity index (χ2v) is 10.9. The molecular weight excluding hydrogens is 518 g/mol. The summed E-state index contributed by atoms with van der Waals surface area (Å²) < 4.78 is 0.985. The van der Waals surface area contributed by atoms with Gasteiger partial charge in [-0.25, -0.2) is 0 Å². The van der Waals surface area contributed by atoms with Gasteiger partial charge in [0.05, 0.1) is 6.04 Å². The molecule has 0 aromatic heterocycles. The first kappa shape index (κ1) is 26.6. The normalized spacial score (nSPS) is 16.5. The van der Waals surface area contributed by atoms with Crippen LogP contribution in [0.1, 0.15) is 48.7 Å². The lowest BCUT2D eigenvalue weighted by molar-refractivity contribution is 0.0945. The summed E-state index contributed by atoms with van der Waals surface area (Å²) >= 11 is 3.62. The van der Waals surface area contributed by atoms with Crippen LogP contribution in [-0.2, 0) is 0 Å². The Balaban J connectivity index is 1.75. The fourth-order valence-electron chi connectivity index (χ4n) is 4.77. The highest BCUT2D eigenvalue weighted by Crippen LogP contribution is 2.36. The molecule has 37 heavy (non-hydrogen) atoms. The zero-order chi connectivity index (χ0) is 26.4. The summed E-state index contributed by atoms with van der Waals surface area (Å²) in [6.45, 7) is 8.59. The Hall–Kier alpha value is -3.43. The molecule has 0 bridgehead atoms. The van der Waals surface area contributed by atoms with Crippen molar-refractivity contribution < 1.29 is 4.79 Å². The molecule has 1 atom stereocenters. The van der Waals surface area contributed by atoms with E-state index in [0.717, 1.165) is 32.8 Å². The van der Waals surface area contributed by atoms with Crippen molar-refractivity contribution in [3.05, 3.63) is 136 Å². The summed E-state index contributed by atoms with van der Waals surface area (Å²) in [5.41, 5.74) is 5.17. The molecule has 1 unspecified atom stereocenters. The van der Waals surface area contributed by atoms with Crippen molar-refractivity contribution in [1.82, 2.24) is 5.32 Å². The Labute approximate surface area is 229 Å². The van der Waals surface area contributed by atoms with E-state index in [9.17, 15) is 4.79 Å². The van der Waals surface area contributed by atoms with Gasteiger partial charge in [-0.15, -0.1) is 0 Å². The number of carbonyl (C=O) groups is 1. The van der Waals surface area contributed by atoms with E-state index in [0.29, 0.717) is 5.56 Å². The van der Waals surface area contributed by atoms with Crippen LogP contribution in [0.5, 0.6) is 0 Å². The quantitative estimate of drug-likeness (QED) is 0.291. The van der Waals surface area contributed by atoms with Gasteiger partial charge in [0.15, 0.2) is 0 Å². The van der Waals surface area contributed by atoms with Crippen molar-refractivity contribution in [3.8, 4) is 0 Å². The third kappa shape index (κ3) is 6.29.